The maximum absolute atomic E-state index is 12.5. The number of halogens is 1. The highest BCUT2D eigenvalue weighted by molar-refractivity contribution is 6.35. The summed E-state index contributed by atoms with van der Waals surface area (Å²) >= 11 is 6.47. The lowest BCUT2D eigenvalue weighted by Gasteiger charge is -2.33. The van der Waals surface area contributed by atoms with Crippen LogP contribution in [0.3, 0.4) is 0 Å². The number of morpholine rings is 1. The summed E-state index contributed by atoms with van der Waals surface area (Å²) in [4.78, 5) is 19.0. The topological polar surface area (TPSA) is 86.9 Å². The van der Waals surface area contributed by atoms with E-state index in [9.17, 15) is 4.79 Å². The van der Waals surface area contributed by atoms with Crippen LogP contribution in [0.5, 0.6) is 5.75 Å². The second-order valence-corrected chi connectivity index (χ2v) is 6.77. The summed E-state index contributed by atoms with van der Waals surface area (Å²) in [6, 6.07) is 5.36. The van der Waals surface area contributed by atoms with Gasteiger partial charge in [-0.1, -0.05) is 11.6 Å². The van der Waals surface area contributed by atoms with Gasteiger partial charge in [0.15, 0.2) is 5.75 Å². The number of pyridine rings is 1. The molecule has 1 unspecified atom stereocenters. The molecule has 3 heterocycles. The van der Waals surface area contributed by atoms with E-state index < -0.39 is 12.1 Å². The Bertz CT molecular complexity index is 896. The first-order valence-corrected chi connectivity index (χ1v) is 9.22. The summed E-state index contributed by atoms with van der Waals surface area (Å²) < 4.78 is 16.4. The minimum Gasteiger partial charge on any atom is -0.486 e. The number of ether oxygens (including phenoxy) is 3. The fourth-order valence-corrected chi connectivity index (χ4v) is 3.55. The Balaban J connectivity index is 1.77. The number of hydrogen-bond donors (Lipinski definition) is 1. The van der Waals surface area contributed by atoms with Crippen molar-refractivity contribution in [2.75, 3.05) is 32.9 Å². The molecule has 1 aromatic carbocycles. The SMILES string of the molecule is NC(c1cc(Cl)c2cccnc2c1OC(=O)C1=CCCO1)N1CCOCC1. The Labute approximate surface area is 161 Å². The molecule has 2 aliphatic rings. The van der Waals surface area contributed by atoms with E-state index in [4.69, 9.17) is 31.5 Å². The Hall–Kier alpha value is -2.19. The molecule has 0 amide bonds. The van der Waals surface area contributed by atoms with E-state index in [1.807, 2.05) is 6.07 Å². The van der Waals surface area contributed by atoms with Crippen LogP contribution in [0.1, 0.15) is 18.2 Å². The number of nitrogens with two attached hydrogens (primary N) is 1. The number of benzene rings is 1. The molecule has 0 saturated carbocycles. The van der Waals surface area contributed by atoms with Crippen LogP contribution in [0.2, 0.25) is 5.02 Å². The average molecular weight is 390 g/mol. The number of fused-ring (bicyclic) bond motifs is 1. The zero-order chi connectivity index (χ0) is 18.8. The van der Waals surface area contributed by atoms with Gasteiger partial charge in [-0.15, -0.1) is 0 Å². The summed E-state index contributed by atoms with van der Waals surface area (Å²) in [5, 5.41) is 1.20. The number of esters is 1. The molecule has 2 aliphatic heterocycles. The molecular formula is C19H20ClN3O4. The van der Waals surface area contributed by atoms with E-state index >= 15 is 0 Å². The lowest BCUT2D eigenvalue weighted by molar-refractivity contribution is -0.133. The van der Waals surface area contributed by atoms with Crippen LogP contribution in [-0.4, -0.2) is 48.8 Å². The van der Waals surface area contributed by atoms with Crippen molar-refractivity contribution in [3.05, 3.63) is 46.8 Å². The maximum Gasteiger partial charge on any atom is 0.378 e. The van der Waals surface area contributed by atoms with Gasteiger partial charge in [0, 0.05) is 36.7 Å². The van der Waals surface area contributed by atoms with Crippen LogP contribution in [0.4, 0.5) is 0 Å². The zero-order valence-corrected chi connectivity index (χ0v) is 15.4. The zero-order valence-electron chi connectivity index (χ0n) is 14.7. The third kappa shape index (κ3) is 3.64. The third-order valence-electron chi connectivity index (χ3n) is 4.68. The molecule has 2 aromatic rings. The fraction of sp³-hybridized carbons (Fsp3) is 0.368. The van der Waals surface area contributed by atoms with Crippen molar-refractivity contribution in [2.45, 2.75) is 12.6 Å². The van der Waals surface area contributed by atoms with Crippen LogP contribution in [0.25, 0.3) is 10.9 Å². The molecule has 142 valence electrons. The Morgan fingerprint density at radius 3 is 2.89 bits per heavy atom. The van der Waals surface area contributed by atoms with Gasteiger partial charge in [0.25, 0.3) is 0 Å². The molecule has 7 nitrogen and oxygen atoms in total. The smallest absolute Gasteiger partial charge is 0.378 e. The summed E-state index contributed by atoms with van der Waals surface area (Å²) in [7, 11) is 0. The van der Waals surface area contributed by atoms with Gasteiger partial charge in [-0.25, -0.2) is 4.79 Å². The summed E-state index contributed by atoms with van der Waals surface area (Å²) in [5.74, 6) is -0.0347. The number of rotatable bonds is 4. The molecular weight excluding hydrogens is 370 g/mol. The van der Waals surface area contributed by atoms with E-state index in [1.54, 1.807) is 24.4 Å². The van der Waals surface area contributed by atoms with Crippen LogP contribution < -0.4 is 10.5 Å². The van der Waals surface area contributed by atoms with Crippen LogP contribution in [0.15, 0.2) is 36.2 Å². The van der Waals surface area contributed by atoms with Gasteiger partial charge in [-0.3, -0.25) is 9.88 Å². The van der Waals surface area contributed by atoms with Crippen molar-refractivity contribution >= 4 is 28.5 Å². The molecule has 4 rings (SSSR count). The van der Waals surface area contributed by atoms with Gasteiger partial charge < -0.3 is 19.9 Å². The van der Waals surface area contributed by atoms with E-state index in [2.05, 4.69) is 9.88 Å². The predicted molar refractivity (Wildman–Crippen MR) is 100 cm³/mol. The van der Waals surface area contributed by atoms with E-state index in [1.165, 1.54) is 0 Å². The Morgan fingerprint density at radius 1 is 1.33 bits per heavy atom. The molecule has 0 aliphatic carbocycles. The van der Waals surface area contributed by atoms with Gasteiger partial charge in [0.05, 0.1) is 31.0 Å². The van der Waals surface area contributed by atoms with Gasteiger partial charge >= 0.3 is 5.97 Å². The third-order valence-corrected chi connectivity index (χ3v) is 5.00. The number of carbonyl (C=O) groups excluding carboxylic acids is 1. The lowest BCUT2D eigenvalue weighted by atomic mass is 10.1. The van der Waals surface area contributed by atoms with Gasteiger partial charge in [0.1, 0.15) is 5.52 Å². The standard InChI is InChI=1S/C19H20ClN3O4/c20-14-11-13(18(21)23-6-9-25-10-7-23)17(16-12(14)3-1-5-22-16)27-19(24)15-4-2-8-26-15/h1,3-5,11,18H,2,6-10,21H2. The number of hydrogen-bond acceptors (Lipinski definition) is 7. The molecule has 2 N–H and O–H groups in total. The van der Waals surface area contributed by atoms with E-state index in [0.717, 1.165) is 0 Å². The van der Waals surface area contributed by atoms with Crippen LogP contribution >= 0.6 is 11.6 Å². The molecule has 0 radical (unpaired) electrons. The highest BCUT2D eigenvalue weighted by atomic mass is 35.5. The maximum atomic E-state index is 12.5. The van der Waals surface area contributed by atoms with Crippen molar-refractivity contribution in [3.8, 4) is 5.75 Å². The van der Waals surface area contributed by atoms with Crippen molar-refractivity contribution in [1.82, 2.24) is 9.88 Å². The monoisotopic (exact) mass is 389 g/mol. The van der Waals surface area contributed by atoms with Crippen LogP contribution in [0, 0.1) is 0 Å². The van der Waals surface area contributed by atoms with Crippen LogP contribution in [-0.2, 0) is 14.3 Å². The van der Waals surface area contributed by atoms with Gasteiger partial charge in [-0.05, 0) is 24.3 Å². The average Bonchev–Trinajstić information content (AvgIpc) is 3.25. The lowest BCUT2D eigenvalue weighted by Crippen LogP contribution is -2.42. The van der Waals surface area contributed by atoms with Crippen molar-refractivity contribution in [3.63, 3.8) is 0 Å². The molecule has 1 fully saturated rings. The molecule has 27 heavy (non-hydrogen) atoms. The predicted octanol–water partition coefficient (Wildman–Crippen LogP) is 2.39. The van der Waals surface area contributed by atoms with Crippen molar-refractivity contribution < 1.29 is 19.0 Å². The first kappa shape index (κ1) is 18.2. The van der Waals surface area contributed by atoms with Gasteiger partial charge in [-0.2, -0.15) is 0 Å². The summed E-state index contributed by atoms with van der Waals surface area (Å²) in [5.41, 5.74) is 7.61. The Kier molecular flexibility index (Phi) is 5.27. The highest BCUT2D eigenvalue weighted by Crippen LogP contribution is 2.38. The fourth-order valence-electron chi connectivity index (χ4n) is 3.28. The molecule has 1 saturated heterocycles. The highest BCUT2D eigenvalue weighted by Gasteiger charge is 2.27. The quantitative estimate of drug-likeness (QED) is 0.634. The summed E-state index contributed by atoms with van der Waals surface area (Å²) in [6.07, 6.45) is 3.53. The number of aromatic nitrogens is 1. The molecule has 0 bridgehead atoms. The van der Waals surface area contributed by atoms with Crippen molar-refractivity contribution in [1.29, 1.82) is 0 Å². The molecule has 1 aromatic heterocycles. The number of carbonyl (C=O) groups is 1. The minimum absolute atomic E-state index is 0.208. The van der Waals surface area contributed by atoms with Crippen molar-refractivity contribution in [2.24, 2.45) is 5.73 Å². The number of nitrogens with zero attached hydrogens (tertiary/aromatic N) is 2. The molecule has 0 spiro atoms. The summed E-state index contributed by atoms with van der Waals surface area (Å²) in [6.45, 7) is 3.04. The van der Waals surface area contributed by atoms with E-state index in [-0.39, 0.29) is 5.76 Å². The Morgan fingerprint density at radius 2 is 2.15 bits per heavy atom. The molecule has 1 atom stereocenters. The minimum atomic E-state index is -0.558. The largest absolute Gasteiger partial charge is 0.486 e. The first-order chi connectivity index (χ1) is 13.1. The van der Waals surface area contributed by atoms with Gasteiger partial charge in [0.2, 0.25) is 5.76 Å². The normalized spacial score (nSPS) is 18.8. The first-order valence-electron chi connectivity index (χ1n) is 8.85. The van der Waals surface area contributed by atoms with E-state index in [0.29, 0.717) is 66.6 Å². The molecule has 8 heteroatoms. The second kappa shape index (κ2) is 7.82. The second-order valence-electron chi connectivity index (χ2n) is 6.36.